The predicted octanol–water partition coefficient (Wildman–Crippen LogP) is 2.24. The number of nitrogens with one attached hydrogen (secondary N) is 1. The van der Waals surface area contributed by atoms with Crippen LogP contribution >= 0.6 is 0 Å². The zero-order valence-corrected chi connectivity index (χ0v) is 12.0. The Morgan fingerprint density at radius 3 is 2.95 bits per heavy atom. The van der Waals surface area contributed by atoms with Crippen LogP contribution in [-0.2, 0) is 6.54 Å². The number of carbonyl (C=O) groups is 1. The summed E-state index contributed by atoms with van der Waals surface area (Å²) >= 11 is 0. The number of imidazole rings is 1. The van der Waals surface area contributed by atoms with E-state index >= 15 is 0 Å². The van der Waals surface area contributed by atoms with Gasteiger partial charge in [-0.3, -0.25) is 4.79 Å². The first kappa shape index (κ1) is 15.0. The van der Waals surface area contributed by atoms with E-state index in [1.54, 1.807) is 18.6 Å². The summed E-state index contributed by atoms with van der Waals surface area (Å²) in [6, 6.07) is 4.20. The fourth-order valence-electron chi connectivity index (χ4n) is 2.08. The molecule has 0 aliphatic carbocycles. The molecule has 1 heterocycles. The third-order valence-corrected chi connectivity index (χ3v) is 3.24. The maximum atomic E-state index is 13.9. The lowest BCUT2D eigenvalue weighted by molar-refractivity contribution is 0.0924. The first-order valence-electron chi connectivity index (χ1n) is 6.74. The summed E-state index contributed by atoms with van der Waals surface area (Å²) in [7, 11) is 1.41. The van der Waals surface area contributed by atoms with Crippen LogP contribution in [0.25, 0.3) is 0 Å². The van der Waals surface area contributed by atoms with Crippen LogP contribution in [0.15, 0.2) is 36.9 Å². The third-order valence-electron chi connectivity index (χ3n) is 3.24. The minimum absolute atomic E-state index is 0.0657. The topological polar surface area (TPSA) is 56.2 Å². The number of hydrogen-bond donors (Lipinski definition) is 1. The van der Waals surface area contributed by atoms with Crippen molar-refractivity contribution in [1.82, 2.24) is 14.9 Å². The van der Waals surface area contributed by atoms with Crippen LogP contribution in [0.1, 0.15) is 23.7 Å². The third kappa shape index (κ3) is 3.59. The largest absolute Gasteiger partial charge is 0.496 e. The molecule has 1 aromatic heterocycles. The molecule has 2 aromatic rings. The molecule has 6 heteroatoms. The number of carbonyl (C=O) groups excluding carboxylic acids is 1. The minimum atomic E-state index is -0.593. The molecule has 1 atom stereocenters. The summed E-state index contributed by atoms with van der Waals surface area (Å²) in [5, 5.41) is 2.83. The fourth-order valence-corrected chi connectivity index (χ4v) is 2.08. The summed E-state index contributed by atoms with van der Waals surface area (Å²) in [6.07, 6.45) is 5.89. The highest BCUT2D eigenvalue weighted by Crippen LogP contribution is 2.21. The molecular formula is C15H18FN3O2. The molecule has 21 heavy (non-hydrogen) atoms. The van der Waals surface area contributed by atoms with Gasteiger partial charge in [0, 0.05) is 25.0 Å². The highest BCUT2D eigenvalue weighted by molar-refractivity contribution is 5.97. The van der Waals surface area contributed by atoms with Crippen LogP contribution in [-0.4, -0.2) is 28.6 Å². The SMILES string of the molecule is CCC(Cn1ccnc1)NC(=O)c1c(F)cccc1OC. The molecule has 1 amide bonds. The predicted molar refractivity (Wildman–Crippen MR) is 76.7 cm³/mol. The minimum Gasteiger partial charge on any atom is -0.496 e. The number of hydrogen-bond acceptors (Lipinski definition) is 3. The normalized spacial score (nSPS) is 12.0. The van der Waals surface area contributed by atoms with Crippen molar-refractivity contribution in [2.45, 2.75) is 25.9 Å². The summed E-state index contributed by atoms with van der Waals surface area (Å²) in [5.41, 5.74) is -0.0657. The molecule has 0 aliphatic heterocycles. The Balaban J connectivity index is 2.13. The van der Waals surface area contributed by atoms with Crippen molar-refractivity contribution in [3.63, 3.8) is 0 Å². The zero-order chi connectivity index (χ0) is 15.2. The second-order valence-corrected chi connectivity index (χ2v) is 4.66. The van der Waals surface area contributed by atoms with E-state index in [-0.39, 0.29) is 17.4 Å². The maximum Gasteiger partial charge on any atom is 0.258 e. The quantitative estimate of drug-likeness (QED) is 0.888. The van der Waals surface area contributed by atoms with Gasteiger partial charge >= 0.3 is 0 Å². The maximum absolute atomic E-state index is 13.9. The molecule has 0 aliphatic rings. The number of aromatic nitrogens is 2. The van der Waals surface area contributed by atoms with E-state index in [4.69, 9.17) is 4.74 Å². The molecule has 0 radical (unpaired) electrons. The van der Waals surface area contributed by atoms with E-state index in [0.29, 0.717) is 6.54 Å². The van der Waals surface area contributed by atoms with Crippen molar-refractivity contribution in [3.05, 3.63) is 48.3 Å². The van der Waals surface area contributed by atoms with Crippen molar-refractivity contribution in [3.8, 4) is 5.75 Å². The van der Waals surface area contributed by atoms with Gasteiger partial charge in [0.25, 0.3) is 5.91 Å². The summed E-state index contributed by atoms with van der Waals surface area (Å²) in [4.78, 5) is 16.2. The Hall–Kier alpha value is -2.37. The molecule has 0 fully saturated rings. The van der Waals surface area contributed by atoms with Crippen molar-refractivity contribution in [2.24, 2.45) is 0 Å². The van der Waals surface area contributed by atoms with Gasteiger partial charge in [-0.2, -0.15) is 0 Å². The van der Waals surface area contributed by atoms with Crippen molar-refractivity contribution >= 4 is 5.91 Å². The molecule has 2 rings (SSSR count). The lowest BCUT2D eigenvalue weighted by atomic mass is 10.1. The summed E-state index contributed by atoms with van der Waals surface area (Å²) in [6.45, 7) is 2.54. The van der Waals surface area contributed by atoms with Gasteiger partial charge in [-0.1, -0.05) is 13.0 Å². The lowest BCUT2D eigenvalue weighted by Gasteiger charge is -2.18. The van der Waals surface area contributed by atoms with Gasteiger partial charge in [-0.15, -0.1) is 0 Å². The molecule has 1 aromatic carbocycles. The van der Waals surface area contributed by atoms with Gasteiger partial charge < -0.3 is 14.6 Å². The molecule has 0 saturated heterocycles. The number of methoxy groups -OCH3 is 1. The summed E-state index contributed by atoms with van der Waals surface area (Å²) < 4.78 is 20.8. The van der Waals surface area contributed by atoms with E-state index in [1.807, 2.05) is 17.7 Å². The Kier molecular flexibility index (Phi) is 4.92. The van der Waals surface area contributed by atoms with Gasteiger partial charge in [-0.05, 0) is 18.6 Å². The van der Waals surface area contributed by atoms with Crippen molar-refractivity contribution < 1.29 is 13.9 Å². The number of nitrogens with zero attached hydrogens (tertiary/aromatic N) is 2. The molecule has 5 nitrogen and oxygen atoms in total. The number of amides is 1. The highest BCUT2D eigenvalue weighted by Gasteiger charge is 2.20. The Morgan fingerprint density at radius 1 is 1.52 bits per heavy atom. The Labute approximate surface area is 122 Å². The molecule has 0 saturated carbocycles. The number of benzene rings is 1. The standard InChI is InChI=1S/C15H18FN3O2/c1-3-11(9-19-8-7-17-10-19)18-15(20)14-12(16)5-4-6-13(14)21-2/h4-8,10-11H,3,9H2,1-2H3,(H,18,20). The Morgan fingerprint density at radius 2 is 2.33 bits per heavy atom. The van der Waals surface area contributed by atoms with Gasteiger partial charge in [0.2, 0.25) is 0 Å². The highest BCUT2D eigenvalue weighted by atomic mass is 19.1. The summed E-state index contributed by atoms with van der Waals surface area (Å²) in [5.74, 6) is -0.841. The Bertz CT molecular complexity index is 599. The second kappa shape index (κ2) is 6.88. The van der Waals surface area contributed by atoms with Crippen LogP contribution in [0.3, 0.4) is 0 Å². The molecular weight excluding hydrogens is 273 g/mol. The van der Waals surface area contributed by atoms with Crippen LogP contribution < -0.4 is 10.1 Å². The molecule has 0 spiro atoms. The number of ether oxygens (including phenoxy) is 1. The van der Waals surface area contributed by atoms with E-state index in [2.05, 4.69) is 10.3 Å². The molecule has 1 unspecified atom stereocenters. The van der Waals surface area contributed by atoms with Crippen LogP contribution in [0.4, 0.5) is 4.39 Å². The van der Waals surface area contributed by atoms with Gasteiger partial charge in [0.15, 0.2) is 0 Å². The first-order chi connectivity index (χ1) is 10.2. The van der Waals surface area contributed by atoms with Gasteiger partial charge in [-0.25, -0.2) is 9.37 Å². The van der Waals surface area contributed by atoms with E-state index < -0.39 is 11.7 Å². The van der Waals surface area contributed by atoms with Crippen molar-refractivity contribution in [1.29, 1.82) is 0 Å². The smallest absolute Gasteiger partial charge is 0.258 e. The van der Waals surface area contributed by atoms with E-state index in [0.717, 1.165) is 6.42 Å². The van der Waals surface area contributed by atoms with E-state index in [9.17, 15) is 9.18 Å². The second-order valence-electron chi connectivity index (χ2n) is 4.66. The average molecular weight is 291 g/mol. The molecule has 1 N–H and O–H groups in total. The average Bonchev–Trinajstić information content (AvgIpc) is 2.98. The number of rotatable bonds is 6. The van der Waals surface area contributed by atoms with E-state index in [1.165, 1.54) is 19.2 Å². The van der Waals surface area contributed by atoms with Gasteiger partial charge in [0.1, 0.15) is 17.1 Å². The first-order valence-corrected chi connectivity index (χ1v) is 6.74. The van der Waals surface area contributed by atoms with Crippen LogP contribution in [0.5, 0.6) is 5.75 Å². The molecule has 0 bridgehead atoms. The fraction of sp³-hybridized carbons (Fsp3) is 0.333. The van der Waals surface area contributed by atoms with Gasteiger partial charge in [0.05, 0.1) is 13.4 Å². The lowest BCUT2D eigenvalue weighted by Crippen LogP contribution is -2.37. The monoisotopic (exact) mass is 291 g/mol. The van der Waals surface area contributed by atoms with Crippen LogP contribution in [0, 0.1) is 5.82 Å². The zero-order valence-electron chi connectivity index (χ0n) is 12.0. The number of halogens is 1. The molecule has 112 valence electrons. The van der Waals surface area contributed by atoms with Crippen molar-refractivity contribution in [2.75, 3.05) is 7.11 Å². The van der Waals surface area contributed by atoms with Crippen LogP contribution in [0.2, 0.25) is 0 Å².